The predicted molar refractivity (Wildman–Crippen MR) is 208 cm³/mol. The molecule has 10 aromatic rings. The third kappa shape index (κ3) is 3.35. The highest BCUT2D eigenvalue weighted by molar-refractivity contribution is 6.35. The molecule has 0 saturated carbocycles. The number of hydrogen-bond donors (Lipinski definition) is 0. The van der Waals surface area contributed by atoms with Crippen molar-refractivity contribution in [2.75, 3.05) is 0 Å². The summed E-state index contributed by atoms with van der Waals surface area (Å²) in [4.78, 5) is 10.7. The van der Waals surface area contributed by atoms with Crippen LogP contribution in [-0.4, -0.2) is 18.9 Å². The van der Waals surface area contributed by atoms with Crippen molar-refractivity contribution >= 4 is 88.0 Å². The van der Waals surface area contributed by atoms with Crippen LogP contribution in [0.2, 0.25) is 0 Å². The van der Waals surface area contributed by atoms with E-state index in [1.165, 1.54) is 65.6 Å². The molecule has 0 bridgehead atoms. The third-order valence-corrected chi connectivity index (χ3v) is 11.1. The van der Waals surface area contributed by atoms with E-state index in [1.54, 1.807) is 0 Å². The Balaban J connectivity index is 1.21. The predicted octanol–water partition coefficient (Wildman–Crippen LogP) is 11.4. The molecule has 1 unspecified atom stereocenters. The monoisotopic (exact) mass is 636 g/mol. The van der Waals surface area contributed by atoms with Crippen LogP contribution in [0.3, 0.4) is 0 Å². The Morgan fingerprint density at radius 2 is 1.26 bits per heavy atom. The molecule has 4 heterocycles. The Hall–Kier alpha value is -6.52. The second-order valence-corrected chi connectivity index (χ2v) is 13.7. The van der Waals surface area contributed by atoms with Crippen LogP contribution in [0.15, 0.2) is 146 Å². The van der Waals surface area contributed by atoms with Gasteiger partial charge in [-0.3, -0.25) is 4.57 Å². The normalized spacial score (nSPS) is 15.9. The summed E-state index contributed by atoms with van der Waals surface area (Å²) in [5.74, 6) is 2.03. The largest absolute Gasteiger partial charge is 0.308 e. The highest BCUT2D eigenvalue weighted by Gasteiger charge is 2.27. The molecule has 0 N–H and O–H groups in total. The van der Waals surface area contributed by atoms with Crippen LogP contribution in [0, 0.1) is 5.92 Å². The molecule has 232 valence electrons. The van der Waals surface area contributed by atoms with Gasteiger partial charge in [-0.05, 0) is 65.6 Å². The summed E-state index contributed by atoms with van der Waals surface area (Å²) in [6, 6.07) is 46.1. The molecule has 6 aromatic carbocycles. The Bertz CT molecular complexity index is 3180. The van der Waals surface area contributed by atoms with Gasteiger partial charge < -0.3 is 4.40 Å². The molecule has 0 aliphatic heterocycles. The van der Waals surface area contributed by atoms with Gasteiger partial charge in [0.25, 0.3) is 0 Å². The fraction of sp³-hybridized carbons (Fsp3) is 0.0435. The first-order valence-electron chi connectivity index (χ1n) is 17.4. The maximum Gasteiger partial charge on any atom is 0.161 e. The van der Waals surface area contributed by atoms with Crippen LogP contribution in [-0.2, 0) is 0 Å². The lowest BCUT2D eigenvalue weighted by molar-refractivity contribution is 0.843. The van der Waals surface area contributed by atoms with E-state index in [9.17, 15) is 0 Å². The first-order chi connectivity index (χ1) is 24.8. The summed E-state index contributed by atoms with van der Waals surface area (Å²) in [6.45, 7) is 0. The summed E-state index contributed by atoms with van der Waals surface area (Å²) < 4.78 is 4.87. The standard InChI is InChI=1S/C46H28N4/c1-2-12-30-27(11-1)21-22-28-23-24-29(25-35(28)30)45-47-37-17-7-3-14-32(37)46(48-45)50-40-20-10-5-15-33(40)42-41(50)26-36-31-13-4-8-18-38(31)49-39-19-9-6-16-34(39)43(42)44(36)49/h1-22,24-26,28H,23H2. The van der Waals surface area contributed by atoms with Crippen molar-refractivity contribution < 1.29 is 0 Å². The van der Waals surface area contributed by atoms with E-state index < -0.39 is 0 Å². The molecule has 50 heavy (non-hydrogen) atoms. The lowest BCUT2D eigenvalue weighted by Crippen LogP contribution is -2.10. The van der Waals surface area contributed by atoms with Gasteiger partial charge in [0, 0.05) is 49.2 Å². The molecule has 0 spiro atoms. The number of hydrogen-bond acceptors (Lipinski definition) is 2. The van der Waals surface area contributed by atoms with E-state index >= 15 is 0 Å². The van der Waals surface area contributed by atoms with Gasteiger partial charge in [-0.2, -0.15) is 0 Å². The van der Waals surface area contributed by atoms with Crippen molar-refractivity contribution in [3.8, 4) is 5.82 Å². The summed E-state index contributed by atoms with van der Waals surface area (Å²) in [5, 5.41) is 8.62. The smallest absolute Gasteiger partial charge is 0.161 e. The number of aromatic nitrogens is 4. The fourth-order valence-corrected chi connectivity index (χ4v) is 9.01. The van der Waals surface area contributed by atoms with Gasteiger partial charge in [-0.15, -0.1) is 0 Å². The van der Waals surface area contributed by atoms with Gasteiger partial charge in [-0.25, -0.2) is 9.97 Å². The van der Waals surface area contributed by atoms with Crippen LogP contribution in [0.5, 0.6) is 0 Å². The summed E-state index contributed by atoms with van der Waals surface area (Å²) in [5.41, 5.74) is 12.0. The number of nitrogens with zero attached hydrogens (tertiary/aromatic N) is 4. The van der Waals surface area contributed by atoms with Crippen molar-refractivity contribution in [1.29, 1.82) is 0 Å². The molecule has 2 aliphatic rings. The molecule has 0 fully saturated rings. The molecule has 1 atom stereocenters. The van der Waals surface area contributed by atoms with Crippen molar-refractivity contribution in [3.05, 3.63) is 163 Å². The van der Waals surface area contributed by atoms with E-state index in [2.05, 4.69) is 161 Å². The van der Waals surface area contributed by atoms with Crippen LogP contribution in [0.1, 0.15) is 23.4 Å². The first-order valence-corrected chi connectivity index (χ1v) is 17.4. The Kier molecular flexibility index (Phi) is 5.05. The summed E-state index contributed by atoms with van der Waals surface area (Å²) >= 11 is 0. The van der Waals surface area contributed by atoms with E-state index in [4.69, 9.17) is 9.97 Å². The van der Waals surface area contributed by atoms with Crippen molar-refractivity contribution in [3.63, 3.8) is 0 Å². The second kappa shape index (κ2) is 9.55. The van der Waals surface area contributed by atoms with Crippen LogP contribution >= 0.6 is 0 Å². The van der Waals surface area contributed by atoms with Crippen LogP contribution in [0.4, 0.5) is 0 Å². The maximum absolute atomic E-state index is 5.52. The van der Waals surface area contributed by atoms with Crippen molar-refractivity contribution in [2.24, 2.45) is 5.92 Å². The summed E-state index contributed by atoms with van der Waals surface area (Å²) in [7, 11) is 0. The first kappa shape index (κ1) is 26.4. The van der Waals surface area contributed by atoms with Gasteiger partial charge in [0.2, 0.25) is 0 Å². The van der Waals surface area contributed by atoms with Crippen LogP contribution < -0.4 is 0 Å². The zero-order valence-corrected chi connectivity index (χ0v) is 27.0. The number of allylic oxidation sites excluding steroid dienone is 5. The van der Waals surface area contributed by atoms with E-state index in [-0.39, 0.29) is 0 Å². The van der Waals surface area contributed by atoms with Crippen molar-refractivity contribution in [2.45, 2.75) is 6.42 Å². The lowest BCUT2D eigenvalue weighted by Gasteiger charge is -2.26. The highest BCUT2D eigenvalue weighted by atomic mass is 15.1. The SMILES string of the molecule is C1=CC2CC=C(c3nc(-n4c5ccccc5c5c6c7ccccc7n7c8ccccc8c(cc54)c67)c4ccccc4n3)C=C2c2ccccc21. The van der Waals surface area contributed by atoms with E-state index in [1.807, 2.05) is 0 Å². The van der Waals surface area contributed by atoms with Gasteiger partial charge in [0.05, 0.1) is 33.1 Å². The van der Waals surface area contributed by atoms with Gasteiger partial charge in [-0.1, -0.05) is 109 Å². The van der Waals surface area contributed by atoms with Gasteiger partial charge >= 0.3 is 0 Å². The molecule has 0 amide bonds. The number of fused-ring (bicyclic) bond motifs is 14. The highest BCUT2D eigenvalue weighted by Crippen LogP contribution is 2.47. The zero-order valence-electron chi connectivity index (χ0n) is 27.0. The summed E-state index contributed by atoms with van der Waals surface area (Å²) in [6.07, 6.45) is 10.2. The number of para-hydroxylation sites is 4. The fourth-order valence-electron chi connectivity index (χ4n) is 9.01. The molecule has 4 nitrogen and oxygen atoms in total. The Morgan fingerprint density at radius 3 is 2.12 bits per heavy atom. The molecular formula is C46H28N4. The topological polar surface area (TPSA) is 35.1 Å². The lowest BCUT2D eigenvalue weighted by atomic mass is 9.79. The van der Waals surface area contributed by atoms with E-state index in [0.717, 1.165) is 45.6 Å². The maximum atomic E-state index is 5.52. The zero-order chi connectivity index (χ0) is 32.5. The molecule has 0 radical (unpaired) electrons. The molecular weight excluding hydrogens is 609 g/mol. The quantitative estimate of drug-likeness (QED) is 0.189. The molecule has 4 heteroatoms. The molecule has 12 rings (SSSR count). The minimum Gasteiger partial charge on any atom is -0.308 e. The third-order valence-electron chi connectivity index (χ3n) is 11.1. The Morgan fingerprint density at radius 1 is 0.580 bits per heavy atom. The molecule has 0 saturated heterocycles. The van der Waals surface area contributed by atoms with Gasteiger partial charge in [0.15, 0.2) is 5.82 Å². The van der Waals surface area contributed by atoms with E-state index in [0.29, 0.717) is 5.92 Å². The van der Waals surface area contributed by atoms with Crippen LogP contribution in [0.25, 0.3) is 93.8 Å². The van der Waals surface area contributed by atoms with Crippen molar-refractivity contribution in [1.82, 2.24) is 18.9 Å². The number of rotatable bonds is 2. The molecule has 4 aromatic heterocycles. The average molecular weight is 637 g/mol. The Labute approximate surface area is 286 Å². The number of benzene rings is 6. The van der Waals surface area contributed by atoms with Gasteiger partial charge in [0.1, 0.15) is 5.82 Å². The minimum atomic E-state index is 0.367. The second-order valence-electron chi connectivity index (χ2n) is 13.7. The molecule has 2 aliphatic carbocycles. The minimum absolute atomic E-state index is 0.367. The average Bonchev–Trinajstić information content (AvgIpc) is 3.82.